The lowest BCUT2D eigenvalue weighted by atomic mass is 9.71. The number of alkyl halides is 1. The molecule has 4 rings (SSSR count). The number of aliphatic hydroxyl groups excluding tert-OH is 1. The van der Waals surface area contributed by atoms with Gasteiger partial charge in [-0.2, -0.15) is 0 Å². The minimum atomic E-state index is -0.640. The molecular weight excluding hydrogens is 520 g/mol. The first kappa shape index (κ1) is 25.5. The van der Waals surface area contributed by atoms with Gasteiger partial charge in [-0.05, 0) is 31.7 Å². The number of aliphatic hydroxyl groups is 1. The van der Waals surface area contributed by atoms with E-state index in [0.717, 1.165) is 31.2 Å². The second kappa shape index (κ2) is 11.0. The van der Waals surface area contributed by atoms with Crippen LogP contribution >= 0.6 is 27.7 Å². The van der Waals surface area contributed by atoms with Crippen LogP contribution in [0.15, 0.2) is 30.3 Å². The molecule has 0 aliphatic carbocycles. The third-order valence-electron chi connectivity index (χ3n) is 7.21. The van der Waals surface area contributed by atoms with Gasteiger partial charge in [-0.25, -0.2) is 0 Å². The summed E-state index contributed by atoms with van der Waals surface area (Å²) in [6.07, 6.45) is 3.91. The summed E-state index contributed by atoms with van der Waals surface area (Å²) in [4.78, 5) is 42.2. The van der Waals surface area contributed by atoms with Crippen LogP contribution < -0.4 is 5.32 Å². The topological polar surface area (TPSA) is 95.9 Å². The molecular formula is C25H33BrN2O5S. The summed E-state index contributed by atoms with van der Waals surface area (Å²) in [5.41, 5.74) is 0.996. The molecule has 34 heavy (non-hydrogen) atoms. The Kier molecular flexibility index (Phi) is 8.25. The molecule has 186 valence electrons. The maximum Gasteiger partial charge on any atom is 0.310 e. The zero-order valence-electron chi connectivity index (χ0n) is 19.5. The average Bonchev–Trinajstić information content (AvgIpc) is 3.42. The number of nitrogens with zero attached hydrogens (tertiary/aromatic N) is 1. The van der Waals surface area contributed by atoms with Gasteiger partial charge in [0, 0.05) is 29.8 Å². The van der Waals surface area contributed by atoms with E-state index in [2.05, 4.69) is 21.2 Å². The number of unbranched alkanes of at least 4 members (excludes halogenated alkanes) is 3. The van der Waals surface area contributed by atoms with Gasteiger partial charge < -0.3 is 20.1 Å². The zero-order chi connectivity index (χ0) is 24.3. The molecule has 1 aromatic carbocycles. The van der Waals surface area contributed by atoms with Crippen molar-refractivity contribution in [2.24, 2.45) is 11.8 Å². The lowest BCUT2D eigenvalue weighted by molar-refractivity contribution is -0.153. The maximum atomic E-state index is 13.8. The molecule has 3 heterocycles. The molecule has 2 amide bonds. The largest absolute Gasteiger partial charge is 0.466 e. The highest BCUT2D eigenvalue weighted by atomic mass is 79.9. The van der Waals surface area contributed by atoms with Gasteiger partial charge in [0.05, 0.1) is 23.2 Å². The third-order valence-corrected chi connectivity index (χ3v) is 10.4. The normalized spacial score (nSPS) is 31.6. The van der Waals surface area contributed by atoms with E-state index in [1.807, 2.05) is 30.3 Å². The monoisotopic (exact) mass is 552 g/mol. The summed E-state index contributed by atoms with van der Waals surface area (Å²) in [6, 6.07) is 9.09. The molecule has 6 atom stereocenters. The number of nitrogens with one attached hydrogen (secondary N) is 1. The fourth-order valence-corrected chi connectivity index (χ4v) is 9.41. The van der Waals surface area contributed by atoms with Crippen LogP contribution in [0.5, 0.6) is 0 Å². The fraction of sp³-hybridized carbons (Fsp3) is 0.640. The highest BCUT2D eigenvalue weighted by Gasteiger charge is 2.75. The molecule has 0 saturated carbocycles. The molecule has 1 spiro atoms. The highest BCUT2D eigenvalue weighted by Crippen LogP contribution is 2.67. The molecule has 3 fully saturated rings. The Hall–Kier alpha value is -1.58. The first-order valence-electron chi connectivity index (χ1n) is 12.2. The Labute approximate surface area is 213 Å². The zero-order valence-corrected chi connectivity index (χ0v) is 21.9. The van der Waals surface area contributed by atoms with E-state index in [0.29, 0.717) is 19.5 Å². The molecule has 2 bridgehead atoms. The lowest BCUT2D eigenvalue weighted by Gasteiger charge is -2.35. The molecule has 3 aliphatic rings. The van der Waals surface area contributed by atoms with E-state index < -0.39 is 22.6 Å². The average molecular weight is 554 g/mol. The van der Waals surface area contributed by atoms with Crippen LogP contribution in [-0.2, 0) is 25.7 Å². The number of carbonyl (C=O) groups excluding carboxylic acids is 3. The summed E-state index contributed by atoms with van der Waals surface area (Å²) in [5, 5.41) is 12.0. The number of ether oxygens (including phenoxy) is 1. The molecule has 3 saturated heterocycles. The number of benzene rings is 1. The molecule has 3 aliphatic heterocycles. The number of esters is 1. The number of amides is 2. The first-order valence-corrected chi connectivity index (χ1v) is 14.0. The quantitative estimate of drug-likeness (QED) is 0.249. The molecule has 9 heteroatoms. The van der Waals surface area contributed by atoms with E-state index in [1.165, 1.54) is 0 Å². The molecule has 3 unspecified atom stereocenters. The Morgan fingerprint density at radius 1 is 1.24 bits per heavy atom. The van der Waals surface area contributed by atoms with Crippen molar-refractivity contribution in [3.05, 3.63) is 35.9 Å². The van der Waals surface area contributed by atoms with E-state index >= 15 is 0 Å². The second-order valence-corrected chi connectivity index (χ2v) is 12.0. The van der Waals surface area contributed by atoms with E-state index in [9.17, 15) is 14.4 Å². The number of halogens is 1. The van der Waals surface area contributed by atoms with Crippen LogP contribution in [0.3, 0.4) is 0 Å². The van der Waals surface area contributed by atoms with Crippen molar-refractivity contribution in [2.45, 2.75) is 66.4 Å². The third kappa shape index (κ3) is 4.63. The molecule has 0 aromatic heterocycles. The number of rotatable bonds is 11. The van der Waals surface area contributed by atoms with E-state index in [-0.39, 0.29) is 41.1 Å². The molecule has 7 nitrogen and oxygen atoms in total. The number of fused-ring (bicyclic) bond motifs is 1. The number of carbonyl (C=O) groups is 3. The van der Waals surface area contributed by atoms with Crippen LogP contribution in [0.4, 0.5) is 0 Å². The van der Waals surface area contributed by atoms with Crippen molar-refractivity contribution in [1.82, 2.24) is 10.2 Å². The summed E-state index contributed by atoms with van der Waals surface area (Å²) < 4.78 is 4.73. The van der Waals surface area contributed by atoms with E-state index in [4.69, 9.17) is 9.84 Å². The van der Waals surface area contributed by atoms with Gasteiger partial charge in [-0.3, -0.25) is 14.4 Å². The minimum Gasteiger partial charge on any atom is -0.466 e. The first-order chi connectivity index (χ1) is 16.4. The van der Waals surface area contributed by atoms with Gasteiger partial charge in [0.2, 0.25) is 11.8 Å². The van der Waals surface area contributed by atoms with Crippen LogP contribution in [0.1, 0.15) is 44.6 Å². The van der Waals surface area contributed by atoms with Crippen LogP contribution in [-0.4, -0.2) is 68.4 Å². The van der Waals surface area contributed by atoms with Gasteiger partial charge in [-0.1, -0.05) is 59.1 Å². The Morgan fingerprint density at radius 2 is 1.97 bits per heavy atom. The Bertz CT molecular complexity index is 903. The van der Waals surface area contributed by atoms with Crippen molar-refractivity contribution in [2.75, 3.05) is 19.8 Å². The van der Waals surface area contributed by atoms with Gasteiger partial charge in [-0.15, -0.1) is 11.8 Å². The predicted octanol–water partition coefficient (Wildman–Crippen LogP) is 2.88. The molecule has 1 aromatic rings. The smallest absolute Gasteiger partial charge is 0.310 e. The highest BCUT2D eigenvalue weighted by molar-refractivity contribution is 9.09. The van der Waals surface area contributed by atoms with Gasteiger partial charge >= 0.3 is 5.97 Å². The van der Waals surface area contributed by atoms with Crippen molar-refractivity contribution in [3.63, 3.8) is 0 Å². The Balaban J connectivity index is 1.59. The van der Waals surface area contributed by atoms with Crippen molar-refractivity contribution in [3.8, 4) is 0 Å². The summed E-state index contributed by atoms with van der Waals surface area (Å²) in [7, 11) is 0. The van der Waals surface area contributed by atoms with Crippen LogP contribution in [0.25, 0.3) is 0 Å². The van der Waals surface area contributed by atoms with Gasteiger partial charge in [0.1, 0.15) is 6.04 Å². The van der Waals surface area contributed by atoms with Crippen LogP contribution in [0, 0.1) is 11.8 Å². The summed E-state index contributed by atoms with van der Waals surface area (Å²) >= 11 is 5.37. The van der Waals surface area contributed by atoms with Crippen molar-refractivity contribution >= 4 is 45.5 Å². The SMILES string of the molecule is CCOC(=O)[C@H]1[C@H]2C(=O)N(CCCCCCO)C(C(=O)NCc3ccccc3)C23CC(Br)[C@@H]1S3. The molecule has 0 radical (unpaired) electrons. The number of thioether (sulfide) groups is 1. The van der Waals surface area contributed by atoms with Crippen molar-refractivity contribution < 1.29 is 24.2 Å². The predicted molar refractivity (Wildman–Crippen MR) is 134 cm³/mol. The lowest BCUT2D eigenvalue weighted by Crippen LogP contribution is -2.54. The number of hydrogen-bond donors (Lipinski definition) is 2. The standard InChI is InChI=1S/C25H33BrN2O5S/c1-2-33-24(32)18-19-23(31)28(12-8-3-4-9-13-29)21(25(19)14-17(26)20(18)34-25)22(30)27-15-16-10-6-5-7-11-16/h5-7,10-11,17-21,29H,2-4,8-9,12-15H2,1H3,(H,27,30)/t17?,18-,19-,20-,21?,25?/m0/s1. The maximum absolute atomic E-state index is 13.8. The van der Waals surface area contributed by atoms with Gasteiger partial charge in [0.25, 0.3) is 0 Å². The van der Waals surface area contributed by atoms with Crippen molar-refractivity contribution in [1.29, 1.82) is 0 Å². The second-order valence-electron chi connectivity index (χ2n) is 9.29. The molecule has 2 N–H and O–H groups in total. The number of hydrogen-bond acceptors (Lipinski definition) is 6. The summed E-state index contributed by atoms with van der Waals surface area (Å²) in [5.74, 6) is -1.68. The Morgan fingerprint density at radius 3 is 2.68 bits per heavy atom. The van der Waals surface area contributed by atoms with E-state index in [1.54, 1.807) is 23.6 Å². The summed E-state index contributed by atoms with van der Waals surface area (Å²) in [6.45, 7) is 3.06. The van der Waals surface area contributed by atoms with Gasteiger partial charge in [0.15, 0.2) is 0 Å². The number of likely N-dealkylation sites (tertiary alicyclic amines) is 1. The van der Waals surface area contributed by atoms with Crippen LogP contribution in [0.2, 0.25) is 0 Å². The minimum absolute atomic E-state index is 0.0462. The fourth-order valence-electron chi connectivity index (χ4n) is 5.81.